The Labute approximate surface area is 109 Å². The molecular formula is C14H25N3O. The standard InChI is InChI=1S/C14H25N3O/c18-14-16-13(11-4-2-1-3-5-11)10-17(14)12-6-8-15-9-7-12/h11-13,15H,1-10H2,(H,16,18). The molecule has 1 atom stereocenters. The monoisotopic (exact) mass is 251 g/mol. The van der Waals surface area contributed by atoms with E-state index in [0.717, 1.165) is 38.4 Å². The number of nitrogens with zero attached hydrogens (tertiary/aromatic N) is 1. The van der Waals surface area contributed by atoms with Gasteiger partial charge in [0.25, 0.3) is 0 Å². The fourth-order valence-electron chi connectivity index (χ4n) is 3.82. The van der Waals surface area contributed by atoms with E-state index in [9.17, 15) is 4.79 Å². The van der Waals surface area contributed by atoms with Gasteiger partial charge in [0.1, 0.15) is 0 Å². The van der Waals surface area contributed by atoms with Crippen LogP contribution in [0, 0.1) is 5.92 Å². The summed E-state index contributed by atoms with van der Waals surface area (Å²) < 4.78 is 0. The SMILES string of the molecule is O=C1NC(C2CCCCC2)CN1C1CCNCC1. The minimum atomic E-state index is 0.192. The summed E-state index contributed by atoms with van der Waals surface area (Å²) in [5.41, 5.74) is 0. The van der Waals surface area contributed by atoms with E-state index in [2.05, 4.69) is 15.5 Å². The Kier molecular flexibility index (Phi) is 3.73. The number of hydrogen-bond donors (Lipinski definition) is 2. The van der Waals surface area contributed by atoms with Crippen molar-refractivity contribution in [1.82, 2.24) is 15.5 Å². The lowest BCUT2D eigenvalue weighted by Gasteiger charge is -2.31. The Bertz CT molecular complexity index is 295. The van der Waals surface area contributed by atoms with Crippen molar-refractivity contribution in [3.63, 3.8) is 0 Å². The van der Waals surface area contributed by atoms with E-state index < -0.39 is 0 Å². The van der Waals surface area contributed by atoms with Crippen LogP contribution in [-0.4, -0.2) is 42.6 Å². The highest BCUT2D eigenvalue weighted by atomic mass is 16.2. The molecule has 0 bridgehead atoms. The van der Waals surface area contributed by atoms with Crippen molar-refractivity contribution >= 4 is 6.03 Å². The van der Waals surface area contributed by atoms with Crippen LogP contribution in [0.15, 0.2) is 0 Å². The molecule has 2 aliphatic heterocycles. The van der Waals surface area contributed by atoms with Gasteiger partial charge in [0.05, 0.1) is 6.04 Å². The summed E-state index contributed by atoms with van der Waals surface area (Å²) in [6, 6.07) is 1.09. The fraction of sp³-hybridized carbons (Fsp3) is 0.929. The van der Waals surface area contributed by atoms with E-state index in [1.807, 2.05) is 0 Å². The highest BCUT2D eigenvalue weighted by Gasteiger charge is 2.37. The lowest BCUT2D eigenvalue weighted by Crippen LogP contribution is -2.44. The molecule has 0 aromatic heterocycles. The van der Waals surface area contributed by atoms with E-state index in [1.165, 1.54) is 32.1 Å². The van der Waals surface area contributed by atoms with Crippen LogP contribution < -0.4 is 10.6 Å². The molecule has 2 N–H and O–H groups in total. The van der Waals surface area contributed by atoms with Crippen LogP contribution in [0.3, 0.4) is 0 Å². The van der Waals surface area contributed by atoms with Gasteiger partial charge >= 0.3 is 6.03 Å². The molecule has 18 heavy (non-hydrogen) atoms. The Morgan fingerprint density at radius 2 is 1.72 bits per heavy atom. The maximum absolute atomic E-state index is 12.1. The van der Waals surface area contributed by atoms with Gasteiger partial charge < -0.3 is 15.5 Å². The van der Waals surface area contributed by atoms with Gasteiger partial charge in [-0.1, -0.05) is 19.3 Å². The van der Waals surface area contributed by atoms with Crippen LogP contribution in [0.2, 0.25) is 0 Å². The zero-order valence-electron chi connectivity index (χ0n) is 11.2. The lowest BCUT2D eigenvalue weighted by atomic mass is 9.84. The van der Waals surface area contributed by atoms with Crippen LogP contribution in [-0.2, 0) is 0 Å². The quantitative estimate of drug-likeness (QED) is 0.785. The van der Waals surface area contributed by atoms with Crippen LogP contribution in [0.25, 0.3) is 0 Å². The lowest BCUT2D eigenvalue weighted by molar-refractivity contribution is 0.179. The predicted octanol–water partition coefficient (Wildman–Crippen LogP) is 1.71. The third kappa shape index (κ3) is 2.48. The maximum Gasteiger partial charge on any atom is 0.318 e. The molecule has 3 rings (SSSR count). The Morgan fingerprint density at radius 3 is 2.44 bits per heavy atom. The average molecular weight is 251 g/mol. The molecule has 4 heteroatoms. The molecule has 3 fully saturated rings. The summed E-state index contributed by atoms with van der Waals surface area (Å²) >= 11 is 0. The summed E-state index contributed by atoms with van der Waals surface area (Å²) in [5.74, 6) is 0.731. The van der Waals surface area contributed by atoms with Crippen LogP contribution in [0.5, 0.6) is 0 Å². The van der Waals surface area contributed by atoms with Gasteiger partial charge in [0.2, 0.25) is 0 Å². The topological polar surface area (TPSA) is 44.4 Å². The third-order valence-corrected chi connectivity index (χ3v) is 4.93. The second kappa shape index (κ2) is 5.47. The number of hydrogen-bond acceptors (Lipinski definition) is 2. The van der Waals surface area contributed by atoms with Gasteiger partial charge in [-0.3, -0.25) is 0 Å². The van der Waals surface area contributed by atoms with Gasteiger partial charge in [-0.25, -0.2) is 4.79 Å². The van der Waals surface area contributed by atoms with Crippen molar-refractivity contribution in [3.05, 3.63) is 0 Å². The molecule has 102 valence electrons. The van der Waals surface area contributed by atoms with Crippen molar-refractivity contribution in [3.8, 4) is 0 Å². The third-order valence-electron chi connectivity index (χ3n) is 4.93. The molecule has 4 nitrogen and oxygen atoms in total. The number of carbonyl (C=O) groups is 1. The van der Waals surface area contributed by atoms with Gasteiger partial charge in [-0.15, -0.1) is 0 Å². The first-order valence-corrected chi connectivity index (χ1v) is 7.62. The molecule has 3 aliphatic rings. The second-order valence-corrected chi connectivity index (χ2v) is 6.09. The molecular weight excluding hydrogens is 226 g/mol. The first-order valence-electron chi connectivity index (χ1n) is 7.62. The number of urea groups is 1. The summed E-state index contributed by atoms with van der Waals surface area (Å²) in [5, 5.41) is 6.61. The zero-order valence-corrected chi connectivity index (χ0v) is 11.2. The number of amides is 2. The number of rotatable bonds is 2. The first kappa shape index (κ1) is 12.3. The Hall–Kier alpha value is -0.770. The molecule has 0 spiro atoms. The molecule has 2 saturated heterocycles. The molecule has 1 aliphatic carbocycles. The summed E-state index contributed by atoms with van der Waals surface area (Å²) in [4.78, 5) is 14.2. The van der Waals surface area contributed by atoms with Crippen molar-refractivity contribution in [1.29, 1.82) is 0 Å². The minimum Gasteiger partial charge on any atom is -0.333 e. The van der Waals surface area contributed by atoms with Crippen molar-refractivity contribution in [2.45, 2.75) is 57.0 Å². The summed E-state index contributed by atoms with van der Waals surface area (Å²) in [7, 11) is 0. The second-order valence-electron chi connectivity index (χ2n) is 6.09. The van der Waals surface area contributed by atoms with Crippen LogP contribution in [0.1, 0.15) is 44.9 Å². The van der Waals surface area contributed by atoms with Crippen molar-refractivity contribution in [2.24, 2.45) is 5.92 Å². The highest BCUT2D eigenvalue weighted by molar-refractivity contribution is 5.77. The Morgan fingerprint density at radius 1 is 1.00 bits per heavy atom. The maximum atomic E-state index is 12.1. The number of carbonyl (C=O) groups excluding carboxylic acids is 1. The van der Waals surface area contributed by atoms with E-state index in [0.29, 0.717) is 12.1 Å². The largest absolute Gasteiger partial charge is 0.333 e. The van der Waals surface area contributed by atoms with Crippen molar-refractivity contribution in [2.75, 3.05) is 19.6 Å². The van der Waals surface area contributed by atoms with Gasteiger partial charge in [-0.2, -0.15) is 0 Å². The fourth-order valence-corrected chi connectivity index (χ4v) is 3.82. The van der Waals surface area contributed by atoms with E-state index in [1.54, 1.807) is 0 Å². The number of piperidine rings is 1. The normalized spacial score (nSPS) is 31.7. The minimum absolute atomic E-state index is 0.192. The van der Waals surface area contributed by atoms with E-state index in [4.69, 9.17) is 0 Å². The predicted molar refractivity (Wildman–Crippen MR) is 71.5 cm³/mol. The first-order chi connectivity index (χ1) is 8.84. The molecule has 0 aromatic carbocycles. The van der Waals surface area contributed by atoms with Gasteiger partial charge in [0.15, 0.2) is 0 Å². The molecule has 0 aromatic rings. The Balaban J connectivity index is 1.58. The summed E-state index contributed by atoms with van der Waals surface area (Å²) in [6.07, 6.45) is 8.94. The number of nitrogens with one attached hydrogen (secondary N) is 2. The van der Waals surface area contributed by atoms with Crippen molar-refractivity contribution < 1.29 is 4.79 Å². The zero-order chi connectivity index (χ0) is 12.4. The van der Waals surface area contributed by atoms with E-state index in [-0.39, 0.29) is 6.03 Å². The van der Waals surface area contributed by atoms with Gasteiger partial charge in [0, 0.05) is 12.6 Å². The van der Waals surface area contributed by atoms with E-state index >= 15 is 0 Å². The van der Waals surface area contributed by atoms with Gasteiger partial charge in [-0.05, 0) is 44.7 Å². The molecule has 1 unspecified atom stereocenters. The average Bonchev–Trinajstić information content (AvgIpc) is 2.83. The van der Waals surface area contributed by atoms with Crippen LogP contribution in [0.4, 0.5) is 4.79 Å². The smallest absolute Gasteiger partial charge is 0.318 e. The summed E-state index contributed by atoms with van der Waals surface area (Å²) in [6.45, 7) is 3.07. The molecule has 2 amide bonds. The molecule has 1 saturated carbocycles. The van der Waals surface area contributed by atoms with Crippen LogP contribution >= 0.6 is 0 Å². The highest BCUT2D eigenvalue weighted by Crippen LogP contribution is 2.29. The molecule has 0 radical (unpaired) electrons. The molecule has 2 heterocycles.